The Bertz CT molecular complexity index is 1150. The third-order valence-electron chi connectivity index (χ3n) is 8.10. The molecule has 4 saturated carbocycles. The maximum atomic E-state index is 13.4. The van der Waals surface area contributed by atoms with Crippen LogP contribution in [0.15, 0.2) is 60.8 Å². The summed E-state index contributed by atoms with van der Waals surface area (Å²) in [5.74, 6) is 0.861. The molecule has 0 spiro atoms. The second-order valence-corrected chi connectivity index (χ2v) is 10.1. The summed E-state index contributed by atoms with van der Waals surface area (Å²) < 4.78 is 5.74. The van der Waals surface area contributed by atoms with E-state index < -0.39 is 5.41 Å². The predicted octanol–water partition coefficient (Wildman–Crippen LogP) is 5.43. The molecule has 7 rings (SSSR count). The highest BCUT2D eigenvalue weighted by Gasteiger charge is 2.61. The van der Waals surface area contributed by atoms with Crippen molar-refractivity contribution in [2.75, 3.05) is 6.61 Å². The van der Waals surface area contributed by atoms with E-state index in [4.69, 9.17) is 4.74 Å². The van der Waals surface area contributed by atoms with Crippen molar-refractivity contribution in [3.63, 3.8) is 0 Å². The first kappa shape index (κ1) is 18.9. The van der Waals surface area contributed by atoms with Gasteiger partial charge in [0, 0.05) is 22.7 Å². The van der Waals surface area contributed by atoms with Crippen molar-refractivity contribution in [3.05, 3.63) is 71.9 Å². The number of H-pyrrole nitrogens is 1. The highest BCUT2D eigenvalue weighted by Crippen LogP contribution is 2.66. The molecule has 4 bridgehead atoms. The Hall–Kier alpha value is -2.88. The minimum Gasteiger partial charge on any atom is -0.457 e. The van der Waals surface area contributed by atoms with Crippen molar-refractivity contribution >= 4 is 22.7 Å². The minimum absolute atomic E-state index is 0.0885. The van der Waals surface area contributed by atoms with Gasteiger partial charge in [0.2, 0.25) is 5.78 Å². The van der Waals surface area contributed by atoms with Crippen molar-refractivity contribution in [2.24, 2.45) is 17.3 Å². The van der Waals surface area contributed by atoms with E-state index in [0.717, 1.165) is 30.2 Å². The Kier molecular flexibility index (Phi) is 4.14. The SMILES string of the molecule is O=C(COC(=O)C12CC3CC(C1)CC(c1ccccc1)(C3)C2)c1c[nH]c2ccccc12. The number of aromatic nitrogens is 1. The molecule has 31 heavy (non-hydrogen) atoms. The normalized spacial score (nSPS) is 31.1. The molecule has 1 N–H and O–H groups in total. The van der Waals surface area contributed by atoms with Crippen LogP contribution in [0.4, 0.5) is 0 Å². The Labute approximate surface area is 182 Å². The van der Waals surface area contributed by atoms with Gasteiger partial charge in [-0.15, -0.1) is 0 Å². The zero-order valence-corrected chi connectivity index (χ0v) is 17.6. The fourth-order valence-electron chi connectivity index (χ4n) is 7.29. The number of carbonyl (C=O) groups excluding carboxylic acids is 2. The molecule has 0 saturated heterocycles. The number of hydrogen-bond donors (Lipinski definition) is 1. The fourth-order valence-corrected chi connectivity index (χ4v) is 7.29. The van der Waals surface area contributed by atoms with E-state index in [1.54, 1.807) is 6.20 Å². The number of Topliss-reactive ketones (excluding diaryl/α,β-unsaturated/α-hetero) is 1. The highest BCUT2D eigenvalue weighted by atomic mass is 16.5. The molecule has 4 heteroatoms. The number of hydrogen-bond acceptors (Lipinski definition) is 3. The standard InChI is InChI=1S/C27H27NO3/c29-24(22-15-28-23-9-5-4-8-21(22)23)16-31-25(30)27-13-18-10-19(14-27)12-26(11-18,17-27)20-6-2-1-3-7-20/h1-9,15,18-19,28H,10-14,16-17H2. The van der Waals surface area contributed by atoms with Gasteiger partial charge in [0.25, 0.3) is 0 Å². The first-order valence-corrected chi connectivity index (χ1v) is 11.4. The maximum absolute atomic E-state index is 13.4. The van der Waals surface area contributed by atoms with Gasteiger partial charge >= 0.3 is 5.97 Å². The lowest BCUT2D eigenvalue weighted by Gasteiger charge is -2.61. The maximum Gasteiger partial charge on any atom is 0.312 e. The summed E-state index contributed by atoms with van der Waals surface area (Å²) in [6.07, 6.45) is 8.00. The number of nitrogens with one attached hydrogen (secondary N) is 1. The Morgan fingerprint density at radius 1 is 0.935 bits per heavy atom. The zero-order chi connectivity index (χ0) is 21.1. The summed E-state index contributed by atoms with van der Waals surface area (Å²) in [6.45, 7) is -0.184. The molecule has 4 aliphatic rings. The molecule has 1 heterocycles. The fraction of sp³-hybridized carbons (Fsp3) is 0.407. The molecule has 4 aliphatic carbocycles. The Balaban J connectivity index is 1.23. The third kappa shape index (κ3) is 2.95. The minimum atomic E-state index is -0.430. The van der Waals surface area contributed by atoms with E-state index in [0.29, 0.717) is 17.4 Å². The van der Waals surface area contributed by atoms with Crippen LogP contribution in [-0.4, -0.2) is 23.3 Å². The summed E-state index contributed by atoms with van der Waals surface area (Å²) in [6, 6.07) is 18.4. The number of carbonyl (C=O) groups is 2. The van der Waals surface area contributed by atoms with Gasteiger partial charge in [-0.25, -0.2) is 0 Å². The number of benzene rings is 2. The van der Waals surface area contributed by atoms with E-state index in [-0.39, 0.29) is 23.8 Å². The summed E-state index contributed by atoms with van der Waals surface area (Å²) >= 11 is 0. The number of ketones is 1. The molecule has 158 valence electrons. The van der Waals surface area contributed by atoms with Crippen LogP contribution in [0.25, 0.3) is 10.9 Å². The molecule has 4 nitrogen and oxygen atoms in total. The molecular formula is C27H27NO3. The lowest BCUT2D eigenvalue weighted by atomic mass is 9.43. The van der Waals surface area contributed by atoms with Gasteiger partial charge in [-0.05, 0) is 67.4 Å². The van der Waals surface area contributed by atoms with Gasteiger partial charge in [-0.1, -0.05) is 48.5 Å². The van der Waals surface area contributed by atoms with Crippen molar-refractivity contribution in [1.29, 1.82) is 0 Å². The van der Waals surface area contributed by atoms with E-state index >= 15 is 0 Å². The lowest BCUT2D eigenvalue weighted by molar-refractivity contribution is -0.172. The molecule has 3 aromatic rings. The number of aromatic amines is 1. The van der Waals surface area contributed by atoms with E-state index in [9.17, 15) is 9.59 Å². The topological polar surface area (TPSA) is 59.2 Å². The average Bonchev–Trinajstić information content (AvgIpc) is 3.21. The summed E-state index contributed by atoms with van der Waals surface area (Å²) in [5.41, 5.74) is 2.54. The highest BCUT2D eigenvalue weighted by molar-refractivity contribution is 6.08. The van der Waals surface area contributed by atoms with Gasteiger partial charge in [0.05, 0.1) is 5.41 Å². The number of esters is 1. The van der Waals surface area contributed by atoms with Crippen LogP contribution in [0.1, 0.15) is 54.4 Å². The smallest absolute Gasteiger partial charge is 0.312 e. The van der Waals surface area contributed by atoms with Crippen LogP contribution in [0.2, 0.25) is 0 Å². The van der Waals surface area contributed by atoms with Gasteiger partial charge in [-0.2, -0.15) is 0 Å². The molecule has 2 aromatic carbocycles. The molecule has 0 amide bonds. The first-order chi connectivity index (χ1) is 15.1. The number of para-hydroxylation sites is 1. The molecular weight excluding hydrogens is 386 g/mol. The first-order valence-electron chi connectivity index (χ1n) is 11.4. The van der Waals surface area contributed by atoms with Crippen molar-refractivity contribution < 1.29 is 14.3 Å². The summed E-state index contributed by atoms with van der Waals surface area (Å²) in [7, 11) is 0. The molecule has 2 unspecified atom stereocenters. The quantitative estimate of drug-likeness (QED) is 0.448. The van der Waals surface area contributed by atoms with Crippen molar-refractivity contribution in [3.8, 4) is 0 Å². The third-order valence-corrected chi connectivity index (χ3v) is 8.10. The lowest BCUT2D eigenvalue weighted by Crippen LogP contribution is -2.57. The number of ether oxygens (including phenoxy) is 1. The predicted molar refractivity (Wildman–Crippen MR) is 119 cm³/mol. The Morgan fingerprint density at radius 2 is 1.65 bits per heavy atom. The van der Waals surface area contributed by atoms with Crippen LogP contribution in [0.5, 0.6) is 0 Å². The van der Waals surface area contributed by atoms with Crippen LogP contribution >= 0.6 is 0 Å². The largest absolute Gasteiger partial charge is 0.457 e. The molecule has 1 aromatic heterocycles. The van der Waals surface area contributed by atoms with Crippen molar-refractivity contribution in [2.45, 2.75) is 43.9 Å². The average molecular weight is 414 g/mol. The molecule has 2 atom stereocenters. The Morgan fingerprint density at radius 3 is 2.42 bits per heavy atom. The van der Waals surface area contributed by atoms with E-state index in [2.05, 4.69) is 35.3 Å². The summed E-state index contributed by atoms with van der Waals surface area (Å²) in [4.78, 5) is 29.4. The molecule has 4 fully saturated rings. The van der Waals surface area contributed by atoms with Crippen LogP contribution in [0, 0.1) is 17.3 Å². The summed E-state index contributed by atoms with van der Waals surface area (Å²) in [5, 5.41) is 0.876. The number of fused-ring (bicyclic) bond motifs is 1. The van der Waals surface area contributed by atoms with Crippen LogP contribution in [0.3, 0.4) is 0 Å². The van der Waals surface area contributed by atoms with Gasteiger partial charge in [-0.3, -0.25) is 9.59 Å². The molecule has 0 aliphatic heterocycles. The second-order valence-electron chi connectivity index (χ2n) is 10.1. The zero-order valence-electron chi connectivity index (χ0n) is 17.6. The van der Waals surface area contributed by atoms with Gasteiger partial charge in [0.1, 0.15) is 0 Å². The van der Waals surface area contributed by atoms with Gasteiger partial charge < -0.3 is 9.72 Å². The monoisotopic (exact) mass is 413 g/mol. The van der Waals surface area contributed by atoms with Crippen LogP contribution in [-0.2, 0) is 14.9 Å². The van der Waals surface area contributed by atoms with Crippen molar-refractivity contribution in [1.82, 2.24) is 4.98 Å². The van der Waals surface area contributed by atoms with Gasteiger partial charge in [0.15, 0.2) is 6.61 Å². The second kappa shape index (κ2) is 6.81. The van der Waals surface area contributed by atoms with E-state index in [1.807, 2.05) is 24.3 Å². The molecule has 0 radical (unpaired) electrons. The van der Waals surface area contributed by atoms with E-state index in [1.165, 1.54) is 24.8 Å². The van der Waals surface area contributed by atoms with Crippen LogP contribution < -0.4 is 0 Å². The number of rotatable bonds is 5.